The SMILES string of the molecule is CCC(=O)N1CSCC1C(=O)N1CCC(CN)CC1.Cl. The summed E-state index contributed by atoms with van der Waals surface area (Å²) in [5.74, 6) is 2.15. The molecule has 0 spiro atoms. The van der Waals surface area contributed by atoms with E-state index in [0.29, 0.717) is 24.8 Å². The topological polar surface area (TPSA) is 66.6 Å². The van der Waals surface area contributed by atoms with Crippen molar-refractivity contribution in [1.29, 1.82) is 0 Å². The van der Waals surface area contributed by atoms with Crippen molar-refractivity contribution in [2.45, 2.75) is 32.2 Å². The molecule has 0 aromatic rings. The van der Waals surface area contributed by atoms with E-state index in [0.717, 1.165) is 31.7 Å². The first-order valence-electron chi connectivity index (χ1n) is 7.03. The zero-order chi connectivity index (χ0) is 13.8. The summed E-state index contributed by atoms with van der Waals surface area (Å²) in [5, 5.41) is 0. The van der Waals surface area contributed by atoms with Crippen LogP contribution < -0.4 is 5.73 Å². The third-order valence-electron chi connectivity index (χ3n) is 4.05. The summed E-state index contributed by atoms with van der Waals surface area (Å²) in [6, 6.07) is -0.244. The average molecular weight is 322 g/mol. The summed E-state index contributed by atoms with van der Waals surface area (Å²) in [6.07, 6.45) is 2.45. The van der Waals surface area contributed by atoms with Crippen LogP contribution in [-0.2, 0) is 9.59 Å². The molecule has 2 saturated heterocycles. The lowest BCUT2D eigenvalue weighted by atomic mass is 9.96. The van der Waals surface area contributed by atoms with Gasteiger partial charge in [0, 0.05) is 25.3 Å². The van der Waals surface area contributed by atoms with Crippen LogP contribution in [0.25, 0.3) is 0 Å². The summed E-state index contributed by atoms with van der Waals surface area (Å²) >= 11 is 1.67. The number of thioether (sulfide) groups is 1. The maximum atomic E-state index is 12.5. The molecule has 0 bridgehead atoms. The zero-order valence-electron chi connectivity index (χ0n) is 11.9. The molecular weight excluding hydrogens is 298 g/mol. The fraction of sp³-hybridized carbons (Fsp3) is 0.846. The number of halogens is 1. The van der Waals surface area contributed by atoms with Gasteiger partial charge in [0.1, 0.15) is 6.04 Å². The van der Waals surface area contributed by atoms with E-state index in [1.807, 2.05) is 11.8 Å². The van der Waals surface area contributed by atoms with E-state index >= 15 is 0 Å². The molecule has 2 rings (SSSR count). The molecule has 0 saturated carbocycles. The summed E-state index contributed by atoms with van der Waals surface area (Å²) in [4.78, 5) is 28.0. The highest BCUT2D eigenvalue weighted by molar-refractivity contribution is 7.99. The van der Waals surface area contributed by atoms with Crippen molar-refractivity contribution in [3.8, 4) is 0 Å². The van der Waals surface area contributed by atoms with Gasteiger partial charge in [-0.3, -0.25) is 9.59 Å². The second kappa shape index (κ2) is 8.10. The lowest BCUT2D eigenvalue weighted by Crippen LogP contribution is -2.51. The summed E-state index contributed by atoms with van der Waals surface area (Å²) in [6.45, 7) is 4.13. The maximum Gasteiger partial charge on any atom is 0.246 e. The van der Waals surface area contributed by atoms with Gasteiger partial charge in [-0.1, -0.05) is 6.92 Å². The number of hydrogen-bond donors (Lipinski definition) is 1. The van der Waals surface area contributed by atoms with E-state index in [2.05, 4.69) is 0 Å². The van der Waals surface area contributed by atoms with E-state index in [1.165, 1.54) is 0 Å². The van der Waals surface area contributed by atoms with Crippen LogP contribution in [0.2, 0.25) is 0 Å². The monoisotopic (exact) mass is 321 g/mol. The largest absolute Gasteiger partial charge is 0.341 e. The Kier molecular flexibility index (Phi) is 7.12. The first kappa shape index (κ1) is 17.6. The molecule has 2 aliphatic heterocycles. The fourth-order valence-corrected chi connectivity index (χ4v) is 3.87. The molecule has 1 atom stereocenters. The summed E-state index contributed by atoms with van der Waals surface area (Å²) in [5.41, 5.74) is 5.67. The number of piperidine rings is 1. The third kappa shape index (κ3) is 3.80. The van der Waals surface area contributed by atoms with Crippen molar-refractivity contribution < 1.29 is 9.59 Å². The van der Waals surface area contributed by atoms with Crippen LogP contribution in [0.5, 0.6) is 0 Å². The second-order valence-corrected chi connectivity index (χ2v) is 6.24. The molecule has 0 aromatic heterocycles. The molecule has 20 heavy (non-hydrogen) atoms. The molecule has 2 aliphatic rings. The summed E-state index contributed by atoms with van der Waals surface area (Å²) in [7, 11) is 0. The molecule has 2 heterocycles. The van der Waals surface area contributed by atoms with E-state index in [-0.39, 0.29) is 30.3 Å². The van der Waals surface area contributed by atoms with Crippen LogP contribution >= 0.6 is 24.2 Å². The minimum Gasteiger partial charge on any atom is -0.341 e. The van der Waals surface area contributed by atoms with E-state index in [1.54, 1.807) is 16.7 Å². The van der Waals surface area contributed by atoms with Gasteiger partial charge in [-0.05, 0) is 25.3 Å². The van der Waals surface area contributed by atoms with Gasteiger partial charge in [0.05, 0.1) is 5.88 Å². The minimum atomic E-state index is -0.244. The first-order chi connectivity index (χ1) is 9.17. The lowest BCUT2D eigenvalue weighted by Gasteiger charge is -2.34. The highest BCUT2D eigenvalue weighted by Crippen LogP contribution is 2.25. The molecule has 1 unspecified atom stereocenters. The first-order valence-corrected chi connectivity index (χ1v) is 8.18. The van der Waals surface area contributed by atoms with Crippen molar-refractivity contribution in [2.24, 2.45) is 11.7 Å². The van der Waals surface area contributed by atoms with Gasteiger partial charge in [-0.15, -0.1) is 24.2 Å². The van der Waals surface area contributed by atoms with Crippen molar-refractivity contribution in [3.05, 3.63) is 0 Å². The highest BCUT2D eigenvalue weighted by atomic mass is 35.5. The Morgan fingerprint density at radius 1 is 1.30 bits per heavy atom. The van der Waals surface area contributed by atoms with Gasteiger partial charge in [-0.2, -0.15) is 0 Å². The van der Waals surface area contributed by atoms with Crippen molar-refractivity contribution in [1.82, 2.24) is 9.80 Å². The summed E-state index contributed by atoms with van der Waals surface area (Å²) < 4.78 is 0. The van der Waals surface area contributed by atoms with Gasteiger partial charge < -0.3 is 15.5 Å². The Morgan fingerprint density at radius 2 is 1.95 bits per heavy atom. The van der Waals surface area contributed by atoms with Crippen LogP contribution in [0.4, 0.5) is 0 Å². The smallest absolute Gasteiger partial charge is 0.246 e. The van der Waals surface area contributed by atoms with Crippen molar-refractivity contribution >= 4 is 36.0 Å². The normalized spacial score (nSPS) is 23.6. The van der Waals surface area contributed by atoms with Gasteiger partial charge >= 0.3 is 0 Å². The molecule has 5 nitrogen and oxygen atoms in total. The van der Waals surface area contributed by atoms with Crippen LogP contribution in [0.3, 0.4) is 0 Å². The zero-order valence-corrected chi connectivity index (χ0v) is 13.5. The molecule has 0 radical (unpaired) electrons. The predicted molar refractivity (Wildman–Crippen MR) is 83.9 cm³/mol. The predicted octanol–water partition coefficient (Wildman–Crippen LogP) is 0.917. The number of hydrogen-bond acceptors (Lipinski definition) is 4. The van der Waals surface area contributed by atoms with Crippen LogP contribution in [0.1, 0.15) is 26.2 Å². The number of amides is 2. The molecule has 0 aromatic carbocycles. The Bertz CT molecular complexity index is 349. The molecule has 2 N–H and O–H groups in total. The van der Waals surface area contributed by atoms with Crippen LogP contribution in [0.15, 0.2) is 0 Å². The van der Waals surface area contributed by atoms with Crippen LogP contribution in [-0.4, -0.2) is 58.9 Å². The molecule has 2 fully saturated rings. The highest BCUT2D eigenvalue weighted by Gasteiger charge is 2.37. The third-order valence-corrected chi connectivity index (χ3v) is 5.06. The number of carbonyl (C=O) groups is 2. The minimum absolute atomic E-state index is 0. The van der Waals surface area contributed by atoms with Crippen LogP contribution in [0, 0.1) is 5.92 Å². The number of carbonyl (C=O) groups excluding carboxylic acids is 2. The molecule has 7 heteroatoms. The molecule has 2 amide bonds. The van der Waals surface area contributed by atoms with Gasteiger partial charge in [0.25, 0.3) is 0 Å². The Labute approximate surface area is 131 Å². The molecule has 0 aliphatic carbocycles. The quantitative estimate of drug-likeness (QED) is 0.839. The van der Waals surface area contributed by atoms with Gasteiger partial charge in [-0.25, -0.2) is 0 Å². The van der Waals surface area contributed by atoms with E-state index in [4.69, 9.17) is 5.73 Å². The molecule has 116 valence electrons. The average Bonchev–Trinajstić information content (AvgIpc) is 2.95. The number of nitrogens with two attached hydrogens (primary N) is 1. The van der Waals surface area contributed by atoms with E-state index < -0.39 is 0 Å². The van der Waals surface area contributed by atoms with Crippen molar-refractivity contribution in [3.63, 3.8) is 0 Å². The Morgan fingerprint density at radius 3 is 2.50 bits per heavy atom. The standard InChI is InChI=1S/C13H23N3O2S.ClH/c1-2-12(17)16-9-19-8-11(16)13(18)15-5-3-10(7-14)4-6-15;/h10-11H,2-9,14H2,1H3;1H. The van der Waals surface area contributed by atoms with E-state index in [9.17, 15) is 9.59 Å². The van der Waals surface area contributed by atoms with Crippen molar-refractivity contribution in [2.75, 3.05) is 31.3 Å². The second-order valence-electron chi connectivity index (χ2n) is 5.24. The lowest BCUT2D eigenvalue weighted by molar-refractivity contribution is -0.144. The van der Waals surface area contributed by atoms with Gasteiger partial charge in [0.15, 0.2) is 0 Å². The Hall–Kier alpha value is -0.460. The fourth-order valence-electron chi connectivity index (χ4n) is 2.70. The number of rotatable bonds is 3. The Balaban J connectivity index is 0.00000200. The van der Waals surface area contributed by atoms with Gasteiger partial charge in [0.2, 0.25) is 11.8 Å². The number of likely N-dealkylation sites (tertiary alicyclic amines) is 1. The number of nitrogens with zero attached hydrogens (tertiary/aromatic N) is 2. The molecular formula is C13H24ClN3O2S. The maximum absolute atomic E-state index is 12.5.